The number of rotatable bonds is 4. The van der Waals surface area contributed by atoms with Gasteiger partial charge < -0.3 is 11.1 Å². The fourth-order valence-electron chi connectivity index (χ4n) is 4.89. The van der Waals surface area contributed by atoms with Crippen LogP contribution in [0.15, 0.2) is 55.1 Å². The maximum Gasteiger partial charge on any atom is 0.256 e. The Morgan fingerprint density at radius 1 is 1.11 bits per heavy atom. The molecule has 3 N–H and O–H groups in total. The average Bonchev–Trinajstić information content (AvgIpc) is 3.45. The Morgan fingerprint density at radius 2 is 1.94 bits per heavy atom. The Hall–Kier alpha value is -4.60. The Labute approximate surface area is 207 Å². The van der Waals surface area contributed by atoms with Gasteiger partial charge in [0.2, 0.25) is 0 Å². The summed E-state index contributed by atoms with van der Waals surface area (Å²) < 4.78 is 3.81. The first-order chi connectivity index (χ1) is 17.5. The van der Waals surface area contributed by atoms with Gasteiger partial charge in [-0.1, -0.05) is 12.1 Å². The lowest BCUT2D eigenvalue weighted by molar-refractivity contribution is 0.102. The summed E-state index contributed by atoms with van der Waals surface area (Å²) in [7, 11) is 1.94. The zero-order valence-electron chi connectivity index (χ0n) is 20.0. The molecule has 0 radical (unpaired) electrons. The van der Waals surface area contributed by atoms with Crippen molar-refractivity contribution >= 4 is 28.6 Å². The zero-order chi connectivity index (χ0) is 24.8. The van der Waals surface area contributed by atoms with Gasteiger partial charge >= 0.3 is 0 Å². The van der Waals surface area contributed by atoms with Crippen molar-refractivity contribution in [2.24, 2.45) is 7.05 Å². The SMILES string of the molecule is Cc1ccnc(NC(=O)c2ccc(-c3nn([C@H]4CCCc5nn(C)cc54)c4ncnc(N)c34)cc2)c1. The molecule has 1 amide bonds. The van der Waals surface area contributed by atoms with Crippen molar-refractivity contribution < 1.29 is 4.79 Å². The van der Waals surface area contributed by atoms with Gasteiger partial charge in [0.15, 0.2) is 5.65 Å². The normalized spacial score (nSPS) is 15.1. The Bertz CT molecular complexity index is 1600. The van der Waals surface area contributed by atoms with Gasteiger partial charge in [-0.15, -0.1) is 0 Å². The van der Waals surface area contributed by atoms with Crippen molar-refractivity contribution in [2.45, 2.75) is 32.2 Å². The molecule has 0 fully saturated rings. The molecule has 0 spiro atoms. The molecule has 0 bridgehead atoms. The molecule has 180 valence electrons. The third kappa shape index (κ3) is 3.76. The average molecular weight is 480 g/mol. The summed E-state index contributed by atoms with van der Waals surface area (Å²) in [4.78, 5) is 25.7. The number of nitrogens with zero attached hydrogens (tertiary/aromatic N) is 7. The van der Waals surface area contributed by atoms with E-state index in [-0.39, 0.29) is 11.9 Å². The molecule has 1 atom stereocenters. The smallest absolute Gasteiger partial charge is 0.256 e. The highest BCUT2D eigenvalue weighted by Gasteiger charge is 2.29. The largest absolute Gasteiger partial charge is 0.383 e. The fraction of sp³-hybridized carbons (Fsp3) is 0.231. The topological polar surface area (TPSA) is 129 Å². The highest BCUT2D eigenvalue weighted by Crippen LogP contribution is 2.37. The van der Waals surface area contributed by atoms with Gasteiger partial charge in [-0.2, -0.15) is 10.2 Å². The molecule has 0 unspecified atom stereocenters. The van der Waals surface area contributed by atoms with Crippen LogP contribution >= 0.6 is 0 Å². The first kappa shape index (κ1) is 21.9. The molecule has 6 rings (SSSR count). The predicted octanol–water partition coefficient (Wildman–Crippen LogP) is 3.69. The third-order valence-electron chi connectivity index (χ3n) is 6.58. The van der Waals surface area contributed by atoms with Crippen LogP contribution in [-0.4, -0.2) is 40.4 Å². The zero-order valence-corrected chi connectivity index (χ0v) is 20.0. The van der Waals surface area contributed by atoms with E-state index in [1.807, 2.05) is 47.6 Å². The summed E-state index contributed by atoms with van der Waals surface area (Å²) in [5.41, 5.74) is 12.3. The van der Waals surface area contributed by atoms with Crippen LogP contribution in [0.3, 0.4) is 0 Å². The van der Waals surface area contributed by atoms with Gasteiger partial charge in [0.1, 0.15) is 23.7 Å². The van der Waals surface area contributed by atoms with E-state index in [1.165, 1.54) is 6.33 Å². The van der Waals surface area contributed by atoms with E-state index in [9.17, 15) is 4.79 Å². The summed E-state index contributed by atoms with van der Waals surface area (Å²) >= 11 is 0. The highest BCUT2D eigenvalue weighted by atomic mass is 16.1. The maximum atomic E-state index is 12.8. The minimum Gasteiger partial charge on any atom is -0.383 e. The van der Waals surface area contributed by atoms with Gasteiger partial charge in [-0.25, -0.2) is 19.6 Å². The second-order valence-corrected chi connectivity index (χ2v) is 9.11. The van der Waals surface area contributed by atoms with Gasteiger partial charge in [0.05, 0.1) is 17.1 Å². The Balaban J connectivity index is 1.37. The number of pyridine rings is 1. The standard InChI is InChI=1S/C26H25N9O/c1-15-10-11-28-21(12-15)31-26(36)17-8-6-16(7-9-17)23-22-24(27)29-14-30-25(22)35(33-23)20-5-3-4-19-18(20)13-34(2)32-19/h6-14,20H,3-5H2,1-2H3,(H2,27,29,30)(H,28,31,36)/t20-/m0/s1. The van der Waals surface area contributed by atoms with Crippen LogP contribution in [0.1, 0.15) is 46.1 Å². The third-order valence-corrected chi connectivity index (χ3v) is 6.58. The van der Waals surface area contributed by atoms with E-state index in [0.29, 0.717) is 33.9 Å². The lowest BCUT2D eigenvalue weighted by atomic mass is 9.93. The van der Waals surface area contributed by atoms with Crippen LogP contribution in [0, 0.1) is 6.92 Å². The fourth-order valence-corrected chi connectivity index (χ4v) is 4.89. The van der Waals surface area contributed by atoms with Crippen LogP contribution in [0.5, 0.6) is 0 Å². The number of benzene rings is 1. The molecule has 36 heavy (non-hydrogen) atoms. The maximum absolute atomic E-state index is 12.8. The monoisotopic (exact) mass is 479 g/mol. The molecule has 10 heteroatoms. The highest BCUT2D eigenvalue weighted by molar-refractivity contribution is 6.04. The number of anilines is 2. The van der Waals surface area contributed by atoms with E-state index in [0.717, 1.165) is 41.6 Å². The van der Waals surface area contributed by atoms with Crippen molar-refractivity contribution in [2.75, 3.05) is 11.1 Å². The second-order valence-electron chi connectivity index (χ2n) is 9.11. The lowest BCUT2D eigenvalue weighted by Crippen LogP contribution is -2.18. The lowest BCUT2D eigenvalue weighted by Gasteiger charge is -2.22. The van der Waals surface area contributed by atoms with Gasteiger partial charge in [-0.3, -0.25) is 9.48 Å². The molecular formula is C26H25N9O. The van der Waals surface area contributed by atoms with Gasteiger partial charge in [0.25, 0.3) is 5.91 Å². The second kappa shape index (κ2) is 8.56. The molecule has 1 aliphatic rings. The minimum atomic E-state index is -0.232. The van der Waals surface area contributed by atoms with E-state index >= 15 is 0 Å². The molecule has 10 nitrogen and oxygen atoms in total. The summed E-state index contributed by atoms with van der Waals surface area (Å²) in [5.74, 6) is 0.654. The summed E-state index contributed by atoms with van der Waals surface area (Å²) in [6.07, 6.45) is 8.11. The molecule has 5 aromatic rings. The van der Waals surface area contributed by atoms with Crippen molar-refractivity contribution in [3.8, 4) is 11.3 Å². The molecule has 0 saturated carbocycles. The van der Waals surface area contributed by atoms with Crippen LogP contribution in [0.25, 0.3) is 22.3 Å². The molecule has 1 aliphatic carbocycles. The molecule has 1 aromatic carbocycles. The number of aryl methyl sites for hydroxylation is 3. The number of hydrogen-bond acceptors (Lipinski definition) is 7. The number of fused-ring (bicyclic) bond motifs is 2. The van der Waals surface area contributed by atoms with Crippen LogP contribution in [-0.2, 0) is 13.5 Å². The Kier molecular flexibility index (Phi) is 5.21. The van der Waals surface area contributed by atoms with Crippen molar-refractivity contribution in [3.63, 3.8) is 0 Å². The number of nitrogens with one attached hydrogen (secondary N) is 1. The summed E-state index contributed by atoms with van der Waals surface area (Å²) in [5, 5.41) is 13.2. The van der Waals surface area contributed by atoms with Gasteiger partial charge in [-0.05, 0) is 56.0 Å². The number of hydrogen-bond donors (Lipinski definition) is 2. The molecule has 0 saturated heterocycles. The molecule has 4 heterocycles. The number of aromatic nitrogens is 7. The number of carbonyl (C=O) groups is 1. The number of nitrogen functional groups attached to an aromatic ring is 1. The summed E-state index contributed by atoms with van der Waals surface area (Å²) in [6, 6.07) is 11.0. The molecule has 0 aliphatic heterocycles. The number of nitrogens with two attached hydrogens (primary N) is 1. The van der Waals surface area contributed by atoms with Crippen molar-refractivity contribution in [1.29, 1.82) is 0 Å². The van der Waals surface area contributed by atoms with E-state index in [1.54, 1.807) is 18.3 Å². The Morgan fingerprint density at radius 3 is 2.75 bits per heavy atom. The van der Waals surface area contributed by atoms with Crippen LogP contribution < -0.4 is 11.1 Å². The predicted molar refractivity (Wildman–Crippen MR) is 136 cm³/mol. The van der Waals surface area contributed by atoms with E-state index in [2.05, 4.69) is 31.6 Å². The van der Waals surface area contributed by atoms with E-state index in [4.69, 9.17) is 10.8 Å². The molecular weight excluding hydrogens is 454 g/mol. The summed E-state index contributed by atoms with van der Waals surface area (Å²) in [6.45, 7) is 1.95. The van der Waals surface area contributed by atoms with E-state index < -0.39 is 0 Å². The van der Waals surface area contributed by atoms with Gasteiger partial charge in [0, 0.05) is 36.1 Å². The van der Waals surface area contributed by atoms with Crippen LogP contribution in [0.2, 0.25) is 0 Å². The van der Waals surface area contributed by atoms with Crippen molar-refractivity contribution in [1.82, 2.24) is 34.5 Å². The minimum absolute atomic E-state index is 0.0138. The molecule has 4 aromatic heterocycles. The van der Waals surface area contributed by atoms with Crippen molar-refractivity contribution in [3.05, 3.63) is 77.5 Å². The first-order valence-corrected chi connectivity index (χ1v) is 11.8. The first-order valence-electron chi connectivity index (χ1n) is 11.8. The van der Waals surface area contributed by atoms with Crippen LogP contribution in [0.4, 0.5) is 11.6 Å². The number of amides is 1. The number of carbonyl (C=O) groups excluding carboxylic acids is 1. The quantitative estimate of drug-likeness (QED) is 0.402.